The van der Waals surface area contributed by atoms with Gasteiger partial charge in [0, 0.05) is 24.9 Å². The molecule has 1 unspecified atom stereocenters. The molecule has 0 bridgehead atoms. The van der Waals surface area contributed by atoms with E-state index < -0.39 is 0 Å². The molecule has 2 aromatic rings. The van der Waals surface area contributed by atoms with Crippen molar-refractivity contribution in [2.75, 3.05) is 6.61 Å². The lowest BCUT2D eigenvalue weighted by molar-refractivity contribution is -0.122. The standard InChI is InChI=1S/C18H22N2O2/c21-14-12-17(15-7-2-1-3-8-15)20-18(22)11-6-10-16-9-4-5-13-19-16/h1-5,7-9,13,17,21H,6,10-12,14H2,(H,20,22). The molecule has 2 rings (SSSR count). The van der Waals surface area contributed by atoms with E-state index in [1.54, 1.807) is 6.20 Å². The van der Waals surface area contributed by atoms with Gasteiger partial charge in [-0.05, 0) is 37.0 Å². The van der Waals surface area contributed by atoms with Crippen LogP contribution < -0.4 is 5.32 Å². The topological polar surface area (TPSA) is 62.2 Å². The Labute approximate surface area is 131 Å². The van der Waals surface area contributed by atoms with Crippen LogP contribution in [0.25, 0.3) is 0 Å². The van der Waals surface area contributed by atoms with Crippen molar-refractivity contribution in [3.63, 3.8) is 0 Å². The molecule has 1 heterocycles. The normalized spacial score (nSPS) is 11.9. The number of carbonyl (C=O) groups is 1. The lowest BCUT2D eigenvalue weighted by Crippen LogP contribution is -2.29. The van der Waals surface area contributed by atoms with Crippen molar-refractivity contribution in [3.05, 3.63) is 66.0 Å². The number of hydrogen-bond donors (Lipinski definition) is 2. The molecule has 1 aromatic heterocycles. The van der Waals surface area contributed by atoms with Crippen molar-refractivity contribution in [1.82, 2.24) is 10.3 Å². The Hall–Kier alpha value is -2.20. The third-order valence-electron chi connectivity index (χ3n) is 3.52. The second kappa shape index (κ2) is 8.95. The number of carbonyl (C=O) groups excluding carboxylic acids is 1. The quantitative estimate of drug-likeness (QED) is 0.787. The van der Waals surface area contributed by atoms with Crippen LogP contribution in [-0.2, 0) is 11.2 Å². The van der Waals surface area contributed by atoms with Crippen LogP contribution >= 0.6 is 0 Å². The first-order valence-corrected chi connectivity index (χ1v) is 7.64. The minimum absolute atomic E-state index is 0.0123. The van der Waals surface area contributed by atoms with Gasteiger partial charge in [-0.3, -0.25) is 9.78 Å². The summed E-state index contributed by atoms with van der Waals surface area (Å²) in [7, 11) is 0. The van der Waals surface area contributed by atoms with Gasteiger partial charge in [-0.2, -0.15) is 0 Å². The van der Waals surface area contributed by atoms with E-state index in [4.69, 9.17) is 0 Å². The van der Waals surface area contributed by atoms with Crippen LogP contribution in [-0.4, -0.2) is 22.6 Å². The largest absolute Gasteiger partial charge is 0.396 e. The number of amides is 1. The number of nitrogens with one attached hydrogen (secondary N) is 1. The number of nitrogens with zero attached hydrogens (tertiary/aromatic N) is 1. The monoisotopic (exact) mass is 298 g/mol. The van der Waals surface area contributed by atoms with Crippen molar-refractivity contribution >= 4 is 5.91 Å². The maximum atomic E-state index is 12.1. The molecule has 116 valence electrons. The van der Waals surface area contributed by atoms with E-state index in [1.165, 1.54) is 0 Å². The van der Waals surface area contributed by atoms with Crippen LogP contribution in [0, 0.1) is 0 Å². The third-order valence-corrected chi connectivity index (χ3v) is 3.52. The van der Waals surface area contributed by atoms with Crippen molar-refractivity contribution < 1.29 is 9.90 Å². The molecule has 0 saturated carbocycles. The number of aromatic nitrogens is 1. The highest BCUT2D eigenvalue weighted by atomic mass is 16.3. The Balaban J connectivity index is 1.81. The first-order chi connectivity index (χ1) is 10.8. The van der Waals surface area contributed by atoms with Gasteiger partial charge in [-0.1, -0.05) is 36.4 Å². The summed E-state index contributed by atoms with van der Waals surface area (Å²) in [4.78, 5) is 16.3. The fourth-order valence-corrected chi connectivity index (χ4v) is 2.38. The number of aryl methyl sites for hydroxylation is 1. The number of benzene rings is 1. The third kappa shape index (κ3) is 5.30. The predicted octanol–water partition coefficient (Wildman–Crippen LogP) is 2.64. The maximum absolute atomic E-state index is 12.1. The molecule has 0 radical (unpaired) electrons. The van der Waals surface area contributed by atoms with Crippen molar-refractivity contribution in [1.29, 1.82) is 0 Å². The van der Waals surface area contributed by atoms with Crippen LogP contribution in [0.4, 0.5) is 0 Å². The van der Waals surface area contributed by atoms with Crippen LogP contribution in [0.1, 0.15) is 36.6 Å². The lowest BCUT2D eigenvalue weighted by Gasteiger charge is -2.18. The van der Waals surface area contributed by atoms with Crippen LogP contribution in [0.5, 0.6) is 0 Å². The van der Waals surface area contributed by atoms with Crippen LogP contribution in [0.15, 0.2) is 54.7 Å². The smallest absolute Gasteiger partial charge is 0.220 e. The Kier molecular flexibility index (Phi) is 6.58. The average Bonchev–Trinajstić information content (AvgIpc) is 2.56. The van der Waals surface area contributed by atoms with Crippen LogP contribution in [0.2, 0.25) is 0 Å². The fourth-order valence-electron chi connectivity index (χ4n) is 2.38. The summed E-state index contributed by atoms with van der Waals surface area (Å²) in [6, 6.07) is 15.4. The molecular formula is C18H22N2O2. The maximum Gasteiger partial charge on any atom is 0.220 e. The zero-order valence-corrected chi connectivity index (χ0v) is 12.6. The van der Waals surface area contributed by atoms with E-state index in [1.807, 2.05) is 48.5 Å². The molecule has 0 spiro atoms. The molecule has 0 fully saturated rings. The highest BCUT2D eigenvalue weighted by Crippen LogP contribution is 2.16. The van der Waals surface area contributed by atoms with E-state index in [-0.39, 0.29) is 18.6 Å². The molecule has 0 aliphatic carbocycles. The van der Waals surface area contributed by atoms with Gasteiger partial charge in [0.25, 0.3) is 0 Å². The number of pyridine rings is 1. The SMILES string of the molecule is O=C(CCCc1ccccn1)NC(CCO)c1ccccc1. The second-order valence-electron chi connectivity index (χ2n) is 5.22. The van der Waals surface area contributed by atoms with Gasteiger partial charge >= 0.3 is 0 Å². The van der Waals surface area contributed by atoms with Crippen molar-refractivity contribution in [2.24, 2.45) is 0 Å². The number of rotatable bonds is 8. The highest BCUT2D eigenvalue weighted by molar-refractivity contribution is 5.76. The van der Waals surface area contributed by atoms with Gasteiger partial charge in [0.15, 0.2) is 0 Å². The molecule has 1 amide bonds. The van der Waals surface area contributed by atoms with Crippen LogP contribution in [0.3, 0.4) is 0 Å². The second-order valence-corrected chi connectivity index (χ2v) is 5.22. The highest BCUT2D eigenvalue weighted by Gasteiger charge is 2.13. The van der Waals surface area contributed by atoms with Crippen molar-refractivity contribution in [2.45, 2.75) is 31.7 Å². The molecule has 0 aliphatic heterocycles. The zero-order valence-electron chi connectivity index (χ0n) is 12.6. The Morgan fingerprint density at radius 1 is 1.14 bits per heavy atom. The minimum Gasteiger partial charge on any atom is -0.396 e. The molecule has 1 atom stereocenters. The molecule has 0 saturated heterocycles. The Morgan fingerprint density at radius 3 is 2.59 bits per heavy atom. The van der Waals surface area contributed by atoms with Crippen molar-refractivity contribution in [3.8, 4) is 0 Å². The summed E-state index contributed by atoms with van der Waals surface area (Å²) < 4.78 is 0. The van der Waals surface area contributed by atoms with E-state index in [0.29, 0.717) is 12.8 Å². The Morgan fingerprint density at radius 2 is 1.91 bits per heavy atom. The van der Waals surface area contributed by atoms with E-state index in [2.05, 4.69) is 10.3 Å². The first-order valence-electron chi connectivity index (χ1n) is 7.64. The Bertz CT molecular complexity index is 558. The molecule has 22 heavy (non-hydrogen) atoms. The molecular weight excluding hydrogens is 276 g/mol. The summed E-state index contributed by atoms with van der Waals surface area (Å²) in [5.41, 5.74) is 2.03. The number of aliphatic hydroxyl groups excluding tert-OH is 1. The number of hydrogen-bond acceptors (Lipinski definition) is 3. The van der Waals surface area contributed by atoms with E-state index in [0.717, 1.165) is 24.1 Å². The molecule has 2 N–H and O–H groups in total. The van der Waals surface area contributed by atoms with E-state index >= 15 is 0 Å². The average molecular weight is 298 g/mol. The van der Waals surface area contributed by atoms with Gasteiger partial charge in [0.1, 0.15) is 0 Å². The molecule has 4 heteroatoms. The van der Waals surface area contributed by atoms with E-state index in [9.17, 15) is 9.90 Å². The molecule has 0 aliphatic rings. The summed E-state index contributed by atoms with van der Waals surface area (Å²) in [6.45, 7) is 0.0494. The number of aliphatic hydroxyl groups is 1. The predicted molar refractivity (Wildman–Crippen MR) is 86.2 cm³/mol. The first kappa shape index (κ1) is 16.2. The zero-order chi connectivity index (χ0) is 15.6. The van der Waals surface area contributed by atoms with Gasteiger partial charge < -0.3 is 10.4 Å². The summed E-state index contributed by atoms with van der Waals surface area (Å²) in [5.74, 6) is 0.0123. The molecule has 1 aromatic carbocycles. The van der Waals surface area contributed by atoms with Gasteiger partial charge in [0.2, 0.25) is 5.91 Å². The lowest BCUT2D eigenvalue weighted by atomic mass is 10.0. The summed E-state index contributed by atoms with van der Waals surface area (Å²) in [6.07, 6.45) is 4.32. The molecule has 4 nitrogen and oxygen atoms in total. The summed E-state index contributed by atoms with van der Waals surface area (Å²) >= 11 is 0. The summed E-state index contributed by atoms with van der Waals surface area (Å²) in [5, 5.41) is 12.2. The van der Waals surface area contributed by atoms with Gasteiger partial charge in [-0.25, -0.2) is 0 Å². The fraction of sp³-hybridized carbons (Fsp3) is 0.333. The van der Waals surface area contributed by atoms with Gasteiger partial charge in [-0.15, -0.1) is 0 Å². The minimum atomic E-state index is -0.131. The van der Waals surface area contributed by atoms with Gasteiger partial charge in [0.05, 0.1) is 6.04 Å².